The number of para-hydroxylation sites is 2. The van der Waals surface area contributed by atoms with Gasteiger partial charge in [-0.05, 0) is 43.2 Å². The number of hydrogen-bond donors (Lipinski definition) is 2. The quantitative estimate of drug-likeness (QED) is 0.414. The van der Waals surface area contributed by atoms with Gasteiger partial charge < -0.3 is 29.6 Å². The van der Waals surface area contributed by atoms with Gasteiger partial charge in [-0.2, -0.15) is 8.78 Å². The summed E-state index contributed by atoms with van der Waals surface area (Å²) >= 11 is 0. The maximum Gasteiger partial charge on any atom is 0.387 e. The van der Waals surface area contributed by atoms with Crippen molar-refractivity contribution in [2.75, 3.05) is 34.4 Å². The zero-order valence-corrected chi connectivity index (χ0v) is 18.2. The average molecular weight is 437 g/mol. The van der Waals surface area contributed by atoms with Crippen molar-refractivity contribution < 1.29 is 27.7 Å². The molecule has 0 bridgehead atoms. The molecule has 7 nitrogen and oxygen atoms in total. The van der Waals surface area contributed by atoms with Crippen molar-refractivity contribution >= 4 is 5.96 Å². The minimum Gasteiger partial charge on any atom is -0.493 e. The molecule has 0 saturated heterocycles. The molecule has 1 unspecified atom stereocenters. The fourth-order valence-corrected chi connectivity index (χ4v) is 2.83. The summed E-state index contributed by atoms with van der Waals surface area (Å²) in [5.41, 5.74) is 0.826. The third-order valence-corrected chi connectivity index (χ3v) is 4.33. The summed E-state index contributed by atoms with van der Waals surface area (Å²) in [6, 6.07) is 12.4. The summed E-state index contributed by atoms with van der Waals surface area (Å²) in [7, 11) is 4.68. The number of nitrogens with zero attached hydrogens (tertiary/aromatic N) is 1. The third-order valence-electron chi connectivity index (χ3n) is 4.33. The van der Waals surface area contributed by atoms with Crippen molar-refractivity contribution in [2.24, 2.45) is 4.99 Å². The van der Waals surface area contributed by atoms with Crippen LogP contribution in [0.25, 0.3) is 0 Å². The first-order chi connectivity index (χ1) is 15.0. The van der Waals surface area contributed by atoms with Crippen LogP contribution in [0.3, 0.4) is 0 Å². The van der Waals surface area contributed by atoms with Gasteiger partial charge in [0.15, 0.2) is 29.0 Å². The van der Waals surface area contributed by atoms with Gasteiger partial charge >= 0.3 is 6.61 Å². The molecule has 0 saturated carbocycles. The maximum absolute atomic E-state index is 12.6. The van der Waals surface area contributed by atoms with E-state index in [9.17, 15) is 8.78 Å². The van der Waals surface area contributed by atoms with Gasteiger partial charge in [-0.3, -0.25) is 4.99 Å². The van der Waals surface area contributed by atoms with Crippen LogP contribution in [0.1, 0.15) is 12.5 Å². The van der Waals surface area contributed by atoms with Crippen LogP contribution >= 0.6 is 0 Å². The lowest BCUT2D eigenvalue weighted by Crippen LogP contribution is -2.42. The molecule has 0 fully saturated rings. The Hall–Kier alpha value is -3.23. The molecule has 2 aromatic carbocycles. The van der Waals surface area contributed by atoms with Crippen molar-refractivity contribution in [1.29, 1.82) is 0 Å². The number of nitrogens with one attached hydrogen (secondary N) is 2. The fourth-order valence-electron chi connectivity index (χ4n) is 2.83. The number of hydrogen-bond acceptors (Lipinski definition) is 5. The van der Waals surface area contributed by atoms with Crippen molar-refractivity contribution in [3.8, 4) is 23.0 Å². The van der Waals surface area contributed by atoms with E-state index in [1.165, 1.54) is 7.11 Å². The van der Waals surface area contributed by atoms with Crippen LogP contribution in [0, 0.1) is 0 Å². The Morgan fingerprint density at radius 3 is 2.26 bits per heavy atom. The van der Waals surface area contributed by atoms with E-state index in [0.717, 1.165) is 5.56 Å². The molecule has 2 rings (SSSR count). The molecule has 9 heteroatoms. The van der Waals surface area contributed by atoms with E-state index in [2.05, 4.69) is 20.4 Å². The van der Waals surface area contributed by atoms with Crippen LogP contribution < -0.4 is 29.6 Å². The molecule has 0 amide bonds. The normalized spacial score (nSPS) is 12.3. The van der Waals surface area contributed by atoms with E-state index in [-0.39, 0.29) is 17.6 Å². The summed E-state index contributed by atoms with van der Waals surface area (Å²) in [6.07, 6.45) is 0.447. The van der Waals surface area contributed by atoms with Crippen LogP contribution in [0.15, 0.2) is 47.5 Å². The van der Waals surface area contributed by atoms with E-state index in [0.29, 0.717) is 37.0 Å². The van der Waals surface area contributed by atoms with Gasteiger partial charge in [-0.1, -0.05) is 18.2 Å². The minimum absolute atomic E-state index is 0.0137. The topological polar surface area (TPSA) is 73.3 Å². The molecule has 1 atom stereocenters. The van der Waals surface area contributed by atoms with Crippen LogP contribution in [-0.4, -0.2) is 53.0 Å². The smallest absolute Gasteiger partial charge is 0.387 e. The zero-order valence-electron chi connectivity index (χ0n) is 18.2. The summed E-state index contributed by atoms with van der Waals surface area (Å²) in [4.78, 5) is 4.19. The lowest BCUT2D eigenvalue weighted by atomic mass is 10.1. The molecule has 0 aliphatic heterocycles. The first kappa shape index (κ1) is 24.0. The summed E-state index contributed by atoms with van der Waals surface area (Å²) in [5.74, 6) is 2.22. The molecule has 0 aromatic heterocycles. The highest BCUT2D eigenvalue weighted by Gasteiger charge is 2.12. The number of methoxy groups -OCH3 is 2. The number of rotatable bonds is 11. The Morgan fingerprint density at radius 2 is 1.61 bits per heavy atom. The predicted molar refractivity (Wildman–Crippen MR) is 116 cm³/mol. The van der Waals surface area contributed by atoms with Crippen molar-refractivity contribution in [3.05, 3.63) is 48.0 Å². The SMILES string of the molecule is CN=C(NCCc1ccc(OC)c(OC(F)F)c1)NCC(C)Oc1ccccc1OC. The number of guanidine groups is 1. The molecule has 170 valence electrons. The lowest BCUT2D eigenvalue weighted by molar-refractivity contribution is -0.0512. The second kappa shape index (κ2) is 12.5. The van der Waals surface area contributed by atoms with Gasteiger partial charge in [0, 0.05) is 13.6 Å². The van der Waals surface area contributed by atoms with Crippen LogP contribution in [0.4, 0.5) is 8.78 Å². The van der Waals surface area contributed by atoms with Crippen LogP contribution in [-0.2, 0) is 6.42 Å². The van der Waals surface area contributed by atoms with E-state index < -0.39 is 6.61 Å². The highest BCUT2D eigenvalue weighted by Crippen LogP contribution is 2.29. The lowest BCUT2D eigenvalue weighted by Gasteiger charge is -2.19. The molecule has 0 heterocycles. The second-order valence-corrected chi connectivity index (χ2v) is 6.57. The molecule has 0 aliphatic carbocycles. The second-order valence-electron chi connectivity index (χ2n) is 6.57. The highest BCUT2D eigenvalue weighted by molar-refractivity contribution is 5.79. The molecule has 0 spiro atoms. The summed E-state index contributed by atoms with van der Waals surface area (Å²) < 4.78 is 45.9. The van der Waals surface area contributed by atoms with E-state index in [1.807, 2.05) is 31.2 Å². The average Bonchev–Trinajstić information content (AvgIpc) is 2.76. The van der Waals surface area contributed by atoms with Gasteiger partial charge in [0.25, 0.3) is 0 Å². The Kier molecular flexibility index (Phi) is 9.67. The summed E-state index contributed by atoms with van der Waals surface area (Å²) in [5, 5.41) is 6.39. The number of halogens is 2. The Morgan fingerprint density at radius 1 is 0.935 bits per heavy atom. The van der Waals surface area contributed by atoms with Gasteiger partial charge in [-0.25, -0.2) is 0 Å². The molecule has 2 N–H and O–H groups in total. The predicted octanol–water partition coefficient (Wildman–Crippen LogP) is 3.48. The molecular weight excluding hydrogens is 408 g/mol. The van der Waals surface area contributed by atoms with E-state index in [4.69, 9.17) is 14.2 Å². The van der Waals surface area contributed by atoms with Gasteiger partial charge in [-0.15, -0.1) is 0 Å². The monoisotopic (exact) mass is 437 g/mol. The standard InChI is InChI=1S/C22H29F2N3O4/c1-15(30-19-8-6-5-7-17(19)28-3)14-27-22(25-2)26-12-11-16-9-10-18(29-4)20(13-16)31-21(23)24/h5-10,13,15,21H,11-12,14H2,1-4H3,(H2,25,26,27). The number of ether oxygens (including phenoxy) is 4. The van der Waals surface area contributed by atoms with E-state index >= 15 is 0 Å². The minimum atomic E-state index is -2.91. The molecular formula is C22H29F2N3O4. The Bertz CT molecular complexity index is 849. The van der Waals surface area contributed by atoms with Gasteiger partial charge in [0.05, 0.1) is 20.8 Å². The number of benzene rings is 2. The zero-order chi connectivity index (χ0) is 22.6. The van der Waals surface area contributed by atoms with Gasteiger partial charge in [0.1, 0.15) is 6.10 Å². The van der Waals surface area contributed by atoms with Crippen molar-refractivity contribution in [2.45, 2.75) is 26.1 Å². The first-order valence-corrected chi connectivity index (χ1v) is 9.82. The molecule has 2 aromatic rings. The van der Waals surface area contributed by atoms with Crippen LogP contribution in [0.5, 0.6) is 23.0 Å². The third kappa shape index (κ3) is 7.84. The van der Waals surface area contributed by atoms with Crippen molar-refractivity contribution in [3.63, 3.8) is 0 Å². The van der Waals surface area contributed by atoms with Crippen molar-refractivity contribution in [1.82, 2.24) is 10.6 Å². The van der Waals surface area contributed by atoms with Crippen LogP contribution in [0.2, 0.25) is 0 Å². The largest absolute Gasteiger partial charge is 0.493 e. The first-order valence-electron chi connectivity index (χ1n) is 9.82. The molecule has 31 heavy (non-hydrogen) atoms. The van der Waals surface area contributed by atoms with Gasteiger partial charge in [0.2, 0.25) is 0 Å². The highest BCUT2D eigenvalue weighted by atomic mass is 19.3. The summed E-state index contributed by atoms with van der Waals surface area (Å²) in [6.45, 7) is 0.0914. The number of aliphatic imine (C=N–C) groups is 1. The molecule has 0 aliphatic rings. The Balaban J connectivity index is 1.82. The molecule has 0 radical (unpaired) electrons. The van der Waals surface area contributed by atoms with E-state index in [1.54, 1.807) is 32.4 Å². The maximum atomic E-state index is 12.6. The Labute approximate surface area is 181 Å². The number of alkyl halides is 2. The fraction of sp³-hybridized carbons (Fsp3) is 0.409.